The van der Waals surface area contributed by atoms with Gasteiger partial charge in [0.2, 0.25) is 0 Å². The molecule has 3 N–H and O–H groups in total. The SMILES string of the molecule is Nc1c(C(=O)NCc2ccno2)cccc1C(F)(F)F. The lowest BCUT2D eigenvalue weighted by molar-refractivity contribution is -0.136. The van der Waals surface area contributed by atoms with Gasteiger partial charge in [0, 0.05) is 6.07 Å². The molecule has 0 radical (unpaired) electrons. The molecule has 0 bridgehead atoms. The Morgan fingerprint density at radius 3 is 2.70 bits per heavy atom. The van der Waals surface area contributed by atoms with E-state index in [1.54, 1.807) is 0 Å². The van der Waals surface area contributed by atoms with Crippen molar-refractivity contribution in [1.29, 1.82) is 0 Å². The van der Waals surface area contributed by atoms with Crippen molar-refractivity contribution >= 4 is 11.6 Å². The lowest BCUT2D eigenvalue weighted by Crippen LogP contribution is -2.24. The Morgan fingerprint density at radius 1 is 1.35 bits per heavy atom. The number of nitrogens with two attached hydrogens (primary N) is 1. The second kappa shape index (κ2) is 5.24. The highest BCUT2D eigenvalue weighted by molar-refractivity contribution is 5.99. The predicted octanol–water partition coefficient (Wildman–Crippen LogP) is 2.21. The van der Waals surface area contributed by atoms with E-state index in [4.69, 9.17) is 10.3 Å². The van der Waals surface area contributed by atoms with Gasteiger partial charge in [-0.15, -0.1) is 0 Å². The van der Waals surface area contributed by atoms with E-state index in [0.717, 1.165) is 12.1 Å². The zero-order valence-electron chi connectivity index (χ0n) is 10.1. The Morgan fingerprint density at radius 2 is 2.10 bits per heavy atom. The molecule has 0 saturated heterocycles. The van der Waals surface area contributed by atoms with E-state index >= 15 is 0 Å². The fourth-order valence-corrected chi connectivity index (χ4v) is 1.61. The van der Waals surface area contributed by atoms with Crippen molar-refractivity contribution in [3.05, 3.63) is 47.3 Å². The number of nitrogens with zero attached hydrogens (tertiary/aromatic N) is 1. The topological polar surface area (TPSA) is 81.2 Å². The van der Waals surface area contributed by atoms with Crippen LogP contribution in [0, 0.1) is 0 Å². The first-order chi connectivity index (χ1) is 9.39. The minimum atomic E-state index is -4.61. The summed E-state index contributed by atoms with van der Waals surface area (Å²) >= 11 is 0. The van der Waals surface area contributed by atoms with E-state index in [2.05, 4.69) is 10.5 Å². The molecule has 106 valence electrons. The lowest BCUT2D eigenvalue weighted by atomic mass is 10.1. The number of hydrogen-bond acceptors (Lipinski definition) is 4. The lowest BCUT2D eigenvalue weighted by Gasteiger charge is -2.13. The maximum atomic E-state index is 12.7. The van der Waals surface area contributed by atoms with Crippen molar-refractivity contribution in [1.82, 2.24) is 10.5 Å². The molecular weight excluding hydrogens is 275 g/mol. The van der Waals surface area contributed by atoms with Gasteiger partial charge >= 0.3 is 6.18 Å². The maximum Gasteiger partial charge on any atom is 0.418 e. The highest BCUT2D eigenvalue weighted by atomic mass is 19.4. The van der Waals surface area contributed by atoms with Crippen LogP contribution in [0.4, 0.5) is 18.9 Å². The van der Waals surface area contributed by atoms with Gasteiger partial charge in [0.1, 0.15) is 0 Å². The molecule has 0 saturated carbocycles. The number of benzene rings is 1. The third kappa shape index (κ3) is 2.90. The van der Waals surface area contributed by atoms with Crippen molar-refractivity contribution < 1.29 is 22.5 Å². The number of rotatable bonds is 3. The first-order valence-corrected chi connectivity index (χ1v) is 5.53. The molecule has 20 heavy (non-hydrogen) atoms. The van der Waals surface area contributed by atoms with E-state index in [1.165, 1.54) is 18.3 Å². The first kappa shape index (κ1) is 13.9. The van der Waals surface area contributed by atoms with Crippen LogP contribution in [0.5, 0.6) is 0 Å². The molecular formula is C12H10F3N3O2. The smallest absolute Gasteiger partial charge is 0.398 e. The van der Waals surface area contributed by atoms with Crippen molar-refractivity contribution in [2.75, 3.05) is 5.73 Å². The van der Waals surface area contributed by atoms with E-state index in [1.807, 2.05) is 0 Å². The summed E-state index contributed by atoms with van der Waals surface area (Å²) in [6.45, 7) is 0.00845. The van der Waals surface area contributed by atoms with Crippen LogP contribution in [-0.2, 0) is 12.7 Å². The van der Waals surface area contributed by atoms with Crippen molar-refractivity contribution in [3.8, 4) is 0 Å². The van der Waals surface area contributed by atoms with Gasteiger partial charge in [-0.1, -0.05) is 11.2 Å². The molecule has 2 rings (SSSR count). The number of nitrogen functional groups attached to an aromatic ring is 1. The van der Waals surface area contributed by atoms with E-state index in [0.29, 0.717) is 5.76 Å². The third-order valence-electron chi connectivity index (χ3n) is 2.57. The number of carbonyl (C=O) groups excluding carboxylic acids is 1. The molecule has 8 heteroatoms. The molecule has 2 aromatic rings. The summed E-state index contributed by atoms with van der Waals surface area (Å²) in [6, 6.07) is 4.70. The molecule has 0 atom stereocenters. The minimum absolute atomic E-state index is 0.00845. The van der Waals surface area contributed by atoms with Crippen LogP contribution < -0.4 is 11.1 Å². The monoisotopic (exact) mass is 285 g/mol. The zero-order valence-corrected chi connectivity index (χ0v) is 10.1. The van der Waals surface area contributed by atoms with Crippen LogP contribution >= 0.6 is 0 Å². The second-order valence-electron chi connectivity index (χ2n) is 3.93. The number of hydrogen-bond donors (Lipinski definition) is 2. The molecule has 0 aliphatic rings. The Hall–Kier alpha value is -2.51. The van der Waals surface area contributed by atoms with E-state index < -0.39 is 23.3 Å². The van der Waals surface area contributed by atoms with Gasteiger partial charge in [0.05, 0.1) is 29.6 Å². The maximum absolute atomic E-state index is 12.7. The van der Waals surface area contributed by atoms with Gasteiger partial charge in [-0.25, -0.2) is 0 Å². The van der Waals surface area contributed by atoms with Gasteiger partial charge in [-0.05, 0) is 12.1 Å². The number of alkyl halides is 3. The van der Waals surface area contributed by atoms with Crippen LogP contribution in [0.1, 0.15) is 21.7 Å². The molecule has 0 unspecified atom stereocenters. The van der Waals surface area contributed by atoms with Gasteiger partial charge < -0.3 is 15.6 Å². The number of anilines is 1. The van der Waals surface area contributed by atoms with Crippen molar-refractivity contribution in [2.45, 2.75) is 12.7 Å². The van der Waals surface area contributed by atoms with Gasteiger partial charge in [-0.3, -0.25) is 4.79 Å². The molecule has 1 amide bonds. The predicted molar refractivity (Wildman–Crippen MR) is 63.5 cm³/mol. The quantitative estimate of drug-likeness (QED) is 0.847. The fourth-order valence-electron chi connectivity index (χ4n) is 1.61. The number of para-hydroxylation sites is 1. The molecule has 0 aliphatic carbocycles. The molecule has 1 heterocycles. The average molecular weight is 285 g/mol. The van der Waals surface area contributed by atoms with E-state index in [-0.39, 0.29) is 12.1 Å². The molecule has 1 aromatic carbocycles. The molecule has 1 aromatic heterocycles. The highest BCUT2D eigenvalue weighted by Crippen LogP contribution is 2.34. The molecule has 5 nitrogen and oxygen atoms in total. The fraction of sp³-hybridized carbons (Fsp3) is 0.167. The van der Waals surface area contributed by atoms with E-state index in [9.17, 15) is 18.0 Å². The van der Waals surface area contributed by atoms with Crippen molar-refractivity contribution in [2.24, 2.45) is 0 Å². The minimum Gasteiger partial charge on any atom is -0.398 e. The largest absolute Gasteiger partial charge is 0.418 e. The third-order valence-corrected chi connectivity index (χ3v) is 2.57. The first-order valence-electron chi connectivity index (χ1n) is 5.53. The van der Waals surface area contributed by atoms with Gasteiger partial charge in [-0.2, -0.15) is 13.2 Å². The van der Waals surface area contributed by atoms with Gasteiger partial charge in [0.15, 0.2) is 5.76 Å². The molecule has 0 fully saturated rings. The van der Waals surface area contributed by atoms with Crippen LogP contribution in [-0.4, -0.2) is 11.1 Å². The molecule has 0 aliphatic heterocycles. The molecule has 0 spiro atoms. The summed E-state index contributed by atoms with van der Waals surface area (Å²) in [7, 11) is 0. The number of carbonyl (C=O) groups is 1. The summed E-state index contributed by atoms with van der Waals surface area (Å²) in [5.74, 6) is -0.339. The van der Waals surface area contributed by atoms with Gasteiger partial charge in [0.25, 0.3) is 5.91 Å². The number of halogens is 3. The van der Waals surface area contributed by atoms with Crippen LogP contribution in [0.3, 0.4) is 0 Å². The summed E-state index contributed by atoms with van der Waals surface area (Å²) < 4.78 is 42.8. The van der Waals surface area contributed by atoms with Crippen LogP contribution in [0.15, 0.2) is 35.0 Å². The highest BCUT2D eigenvalue weighted by Gasteiger charge is 2.34. The second-order valence-corrected chi connectivity index (χ2v) is 3.93. The zero-order chi connectivity index (χ0) is 14.8. The number of amides is 1. The Balaban J connectivity index is 2.18. The summed E-state index contributed by atoms with van der Waals surface area (Å²) in [5.41, 5.74) is 3.53. The summed E-state index contributed by atoms with van der Waals surface area (Å²) in [4.78, 5) is 11.8. The van der Waals surface area contributed by atoms with Crippen molar-refractivity contribution in [3.63, 3.8) is 0 Å². The standard InChI is InChI=1S/C12H10F3N3O2/c13-12(14,15)9-3-1-2-8(10(9)16)11(19)17-6-7-4-5-18-20-7/h1-5H,6,16H2,(H,17,19). The van der Waals surface area contributed by atoms with Crippen LogP contribution in [0.2, 0.25) is 0 Å². The Bertz CT molecular complexity index is 609. The Kier molecular flexibility index (Phi) is 3.64. The Labute approximate surface area is 111 Å². The normalized spacial score (nSPS) is 11.3. The summed E-state index contributed by atoms with van der Waals surface area (Å²) in [5, 5.41) is 5.84. The van der Waals surface area contributed by atoms with Crippen LogP contribution in [0.25, 0.3) is 0 Å². The average Bonchev–Trinajstić information content (AvgIpc) is 2.88. The number of aromatic nitrogens is 1. The summed E-state index contributed by atoms with van der Waals surface area (Å²) in [6.07, 6.45) is -3.22. The number of nitrogens with one attached hydrogen (secondary N) is 1.